The van der Waals surface area contributed by atoms with Gasteiger partial charge in [-0.3, -0.25) is 9.79 Å². The van der Waals surface area contributed by atoms with Crippen molar-refractivity contribution < 1.29 is 9.21 Å². The lowest BCUT2D eigenvalue weighted by Gasteiger charge is -2.22. The van der Waals surface area contributed by atoms with Crippen molar-refractivity contribution in [1.82, 2.24) is 0 Å². The lowest BCUT2D eigenvalue weighted by atomic mass is 10.1. The van der Waals surface area contributed by atoms with Crippen LogP contribution in [0.15, 0.2) is 57.8 Å². The summed E-state index contributed by atoms with van der Waals surface area (Å²) in [4.78, 5) is 21.1. The number of aliphatic imine (C=N–C) groups is 1. The summed E-state index contributed by atoms with van der Waals surface area (Å²) in [6.07, 6.45) is 8.81. The molecular formula is C21H23N3O2. The maximum Gasteiger partial charge on any atom is 0.227 e. The van der Waals surface area contributed by atoms with Crippen LogP contribution in [0.2, 0.25) is 0 Å². The molecule has 0 spiro atoms. The quantitative estimate of drug-likeness (QED) is 0.801. The van der Waals surface area contributed by atoms with Gasteiger partial charge in [-0.2, -0.15) is 0 Å². The van der Waals surface area contributed by atoms with Crippen LogP contribution in [0.25, 0.3) is 0 Å². The number of amides is 1. The lowest BCUT2D eigenvalue weighted by molar-refractivity contribution is -0.118. The number of anilines is 2. The first-order chi connectivity index (χ1) is 12.7. The highest BCUT2D eigenvalue weighted by atomic mass is 16.3. The minimum absolute atomic E-state index is 0.0917. The van der Waals surface area contributed by atoms with Crippen LogP contribution >= 0.6 is 0 Å². The molecule has 1 aromatic carbocycles. The third-order valence-corrected chi connectivity index (χ3v) is 5.06. The number of nitrogens with zero attached hydrogens (tertiary/aromatic N) is 3. The maximum absolute atomic E-state index is 12.5. The largest absolute Gasteiger partial charge is 0.469 e. The SMILES string of the molecule is CN(C(=O)CCc1ccco1)c1ccc2c(c1)N(CC1=CCC=N1)CC2. The first-order valence-electron chi connectivity index (χ1n) is 9.09. The van der Waals surface area contributed by atoms with Gasteiger partial charge in [0.25, 0.3) is 0 Å². The second-order valence-corrected chi connectivity index (χ2v) is 6.76. The molecule has 0 radical (unpaired) electrons. The highest BCUT2D eigenvalue weighted by Crippen LogP contribution is 2.33. The number of aryl methyl sites for hydroxylation is 1. The Morgan fingerprint density at radius 2 is 2.27 bits per heavy atom. The number of hydrogen-bond acceptors (Lipinski definition) is 4. The van der Waals surface area contributed by atoms with E-state index in [1.54, 1.807) is 11.2 Å². The third kappa shape index (κ3) is 3.43. The van der Waals surface area contributed by atoms with Gasteiger partial charge in [-0.25, -0.2) is 0 Å². The average molecular weight is 349 g/mol. The molecule has 0 saturated carbocycles. The zero-order chi connectivity index (χ0) is 17.9. The molecule has 134 valence electrons. The summed E-state index contributed by atoms with van der Waals surface area (Å²) in [7, 11) is 1.84. The van der Waals surface area contributed by atoms with Crippen LogP contribution in [0.5, 0.6) is 0 Å². The highest BCUT2D eigenvalue weighted by molar-refractivity contribution is 5.93. The number of allylic oxidation sites excluding steroid dienone is 1. The minimum Gasteiger partial charge on any atom is -0.469 e. The summed E-state index contributed by atoms with van der Waals surface area (Å²) < 4.78 is 5.31. The van der Waals surface area contributed by atoms with E-state index < -0.39 is 0 Å². The Hall–Kier alpha value is -2.82. The molecule has 2 aliphatic rings. The molecular weight excluding hydrogens is 326 g/mol. The van der Waals surface area contributed by atoms with Crippen molar-refractivity contribution in [2.75, 3.05) is 29.9 Å². The smallest absolute Gasteiger partial charge is 0.227 e. The first kappa shape index (κ1) is 16.6. The lowest BCUT2D eigenvalue weighted by Crippen LogP contribution is -2.27. The van der Waals surface area contributed by atoms with Gasteiger partial charge in [0, 0.05) is 50.4 Å². The molecule has 26 heavy (non-hydrogen) atoms. The number of benzene rings is 1. The Bertz CT molecular complexity index is 852. The highest BCUT2D eigenvalue weighted by Gasteiger charge is 2.22. The van der Waals surface area contributed by atoms with Crippen molar-refractivity contribution in [2.24, 2.45) is 4.99 Å². The Morgan fingerprint density at radius 3 is 3.04 bits per heavy atom. The normalized spacial score (nSPS) is 15.3. The van der Waals surface area contributed by atoms with Crippen LogP contribution in [0.3, 0.4) is 0 Å². The third-order valence-electron chi connectivity index (χ3n) is 5.06. The van der Waals surface area contributed by atoms with Gasteiger partial charge in [0.1, 0.15) is 5.76 Å². The minimum atomic E-state index is 0.0917. The fraction of sp³-hybridized carbons (Fsp3) is 0.333. The zero-order valence-corrected chi connectivity index (χ0v) is 15.0. The number of carbonyl (C=O) groups is 1. The zero-order valence-electron chi connectivity index (χ0n) is 15.0. The molecule has 2 aromatic rings. The van der Waals surface area contributed by atoms with E-state index >= 15 is 0 Å². The predicted octanol–water partition coefficient (Wildman–Crippen LogP) is 3.60. The molecule has 0 fully saturated rings. The molecule has 1 aromatic heterocycles. The number of fused-ring (bicyclic) bond motifs is 1. The van der Waals surface area contributed by atoms with Crippen LogP contribution in [0, 0.1) is 0 Å². The van der Waals surface area contributed by atoms with Crippen molar-refractivity contribution in [3.8, 4) is 0 Å². The van der Waals surface area contributed by atoms with E-state index in [4.69, 9.17) is 4.42 Å². The Balaban J connectivity index is 1.45. The van der Waals surface area contributed by atoms with Gasteiger partial charge in [-0.1, -0.05) is 12.1 Å². The van der Waals surface area contributed by atoms with E-state index in [1.807, 2.05) is 31.5 Å². The predicted molar refractivity (Wildman–Crippen MR) is 104 cm³/mol. The van der Waals surface area contributed by atoms with Crippen LogP contribution < -0.4 is 9.80 Å². The van der Waals surface area contributed by atoms with Crippen LogP contribution in [0.4, 0.5) is 11.4 Å². The molecule has 0 unspecified atom stereocenters. The standard InChI is InChI=1S/C21H23N3O2/c1-23(21(25)9-8-19-5-3-13-26-19)18-7-6-16-10-12-24(20(16)14-18)15-17-4-2-11-22-17/h3-7,11,13-14H,2,8-10,12,15H2,1H3. The summed E-state index contributed by atoms with van der Waals surface area (Å²) >= 11 is 0. The fourth-order valence-corrected chi connectivity index (χ4v) is 3.52. The van der Waals surface area contributed by atoms with E-state index in [0.29, 0.717) is 12.8 Å². The van der Waals surface area contributed by atoms with Crippen molar-refractivity contribution in [2.45, 2.75) is 25.7 Å². The summed E-state index contributed by atoms with van der Waals surface area (Å²) in [5, 5.41) is 0. The van der Waals surface area contributed by atoms with Crippen LogP contribution in [0.1, 0.15) is 24.2 Å². The molecule has 5 heteroatoms. The summed E-state index contributed by atoms with van der Waals surface area (Å²) in [6, 6.07) is 10.1. The molecule has 4 rings (SSSR count). The molecule has 1 amide bonds. The molecule has 2 aliphatic heterocycles. The maximum atomic E-state index is 12.5. The van der Waals surface area contributed by atoms with Gasteiger partial charge in [-0.05, 0) is 36.2 Å². The topological polar surface area (TPSA) is 49.1 Å². The van der Waals surface area contributed by atoms with Gasteiger partial charge >= 0.3 is 0 Å². The van der Waals surface area contributed by atoms with Crippen molar-refractivity contribution in [1.29, 1.82) is 0 Å². The summed E-state index contributed by atoms with van der Waals surface area (Å²) in [5.74, 6) is 0.936. The van der Waals surface area contributed by atoms with Crippen molar-refractivity contribution >= 4 is 23.5 Å². The number of hydrogen-bond donors (Lipinski definition) is 0. The first-order valence-corrected chi connectivity index (χ1v) is 9.09. The molecule has 3 heterocycles. The van der Waals surface area contributed by atoms with Gasteiger partial charge in [0.05, 0.1) is 18.5 Å². The Labute approximate surface area is 153 Å². The van der Waals surface area contributed by atoms with E-state index in [9.17, 15) is 4.79 Å². The Kier molecular flexibility index (Phi) is 4.61. The molecule has 0 bridgehead atoms. The van der Waals surface area contributed by atoms with Crippen molar-refractivity contribution in [3.05, 3.63) is 59.7 Å². The number of carbonyl (C=O) groups excluding carboxylic acids is 1. The summed E-state index contributed by atoms with van der Waals surface area (Å²) in [6.45, 7) is 1.84. The molecule has 0 saturated heterocycles. The van der Waals surface area contributed by atoms with E-state index in [1.165, 1.54) is 11.3 Å². The van der Waals surface area contributed by atoms with E-state index in [-0.39, 0.29) is 5.91 Å². The van der Waals surface area contributed by atoms with Gasteiger partial charge in [-0.15, -0.1) is 0 Å². The molecule has 0 N–H and O–H groups in total. The van der Waals surface area contributed by atoms with Gasteiger partial charge in [0.2, 0.25) is 5.91 Å². The monoisotopic (exact) mass is 349 g/mol. The Morgan fingerprint density at radius 1 is 1.35 bits per heavy atom. The average Bonchev–Trinajstić information content (AvgIpc) is 3.42. The summed E-state index contributed by atoms with van der Waals surface area (Å²) in [5.41, 5.74) is 4.62. The van der Waals surface area contributed by atoms with Gasteiger partial charge < -0.3 is 14.2 Å². The molecule has 0 aliphatic carbocycles. The molecule has 0 atom stereocenters. The number of furan rings is 1. The van der Waals surface area contributed by atoms with E-state index in [0.717, 1.165) is 43.1 Å². The van der Waals surface area contributed by atoms with Crippen LogP contribution in [-0.4, -0.2) is 32.3 Å². The number of rotatable bonds is 6. The van der Waals surface area contributed by atoms with E-state index in [2.05, 4.69) is 28.1 Å². The van der Waals surface area contributed by atoms with Gasteiger partial charge in [0.15, 0.2) is 0 Å². The second-order valence-electron chi connectivity index (χ2n) is 6.76. The second kappa shape index (κ2) is 7.20. The fourth-order valence-electron chi connectivity index (χ4n) is 3.52. The van der Waals surface area contributed by atoms with Crippen molar-refractivity contribution in [3.63, 3.8) is 0 Å². The van der Waals surface area contributed by atoms with Crippen LogP contribution in [-0.2, 0) is 17.6 Å². The molecule has 5 nitrogen and oxygen atoms in total.